The molecule has 0 radical (unpaired) electrons. The zero-order valence-electron chi connectivity index (χ0n) is 13.3. The number of hydrogen-bond donors (Lipinski definition) is 3. The molecule has 0 saturated carbocycles. The van der Waals surface area contributed by atoms with Gasteiger partial charge in [-0.15, -0.1) is 0 Å². The van der Waals surface area contributed by atoms with Gasteiger partial charge < -0.3 is 16.4 Å². The van der Waals surface area contributed by atoms with Crippen LogP contribution >= 0.6 is 0 Å². The number of anilines is 2. The molecular weight excluding hydrogens is 352 g/mol. The van der Waals surface area contributed by atoms with E-state index in [1.54, 1.807) is 18.2 Å². The van der Waals surface area contributed by atoms with Gasteiger partial charge in [0, 0.05) is 0 Å². The second-order valence-electron chi connectivity index (χ2n) is 5.80. The summed E-state index contributed by atoms with van der Waals surface area (Å²) in [7, 11) is 0. The number of carbonyl (C=O) groups excluding carboxylic acids is 1. The molecule has 2 aromatic rings. The maximum Gasteiger partial charge on any atom is 0.418 e. The SMILES string of the molecule is NC1(C(=O)NCc2ccc(Nc3ccc(F)cc3C(F)(F)F)cn2)C=C1. The highest BCUT2D eigenvalue weighted by Crippen LogP contribution is 2.36. The van der Waals surface area contributed by atoms with Crippen LogP contribution in [-0.2, 0) is 17.5 Å². The van der Waals surface area contributed by atoms with Crippen molar-refractivity contribution in [3.63, 3.8) is 0 Å². The Labute approximate surface area is 145 Å². The quantitative estimate of drug-likeness (QED) is 0.562. The summed E-state index contributed by atoms with van der Waals surface area (Å²) in [6.07, 6.45) is -0.261. The van der Waals surface area contributed by atoms with Gasteiger partial charge in [0.1, 0.15) is 11.4 Å². The fourth-order valence-corrected chi connectivity index (χ4v) is 2.18. The molecule has 1 aromatic carbocycles. The van der Waals surface area contributed by atoms with Gasteiger partial charge in [-0.2, -0.15) is 13.2 Å². The van der Waals surface area contributed by atoms with E-state index in [4.69, 9.17) is 5.73 Å². The molecule has 3 rings (SSSR count). The molecule has 0 bridgehead atoms. The Morgan fingerprint density at radius 3 is 2.50 bits per heavy atom. The van der Waals surface area contributed by atoms with Crippen LogP contribution in [0.5, 0.6) is 0 Å². The van der Waals surface area contributed by atoms with Crippen LogP contribution < -0.4 is 16.4 Å². The molecule has 9 heteroatoms. The van der Waals surface area contributed by atoms with E-state index < -0.39 is 23.1 Å². The maximum atomic E-state index is 13.1. The van der Waals surface area contributed by atoms with Crippen molar-refractivity contribution >= 4 is 17.3 Å². The van der Waals surface area contributed by atoms with Gasteiger partial charge in [-0.3, -0.25) is 9.78 Å². The number of amides is 1. The van der Waals surface area contributed by atoms with Gasteiger partial charge in [-0.05, 0) is 30.3 Å². The summed E-state index contributed by atoms with van der Waals surface area (Å²) in [6.45, 7) is 0.129. The molecule has 0 atom stereocenters. The van der Waals surface area contributed by atoms with Gasteiger partial charge in [0.05, 0.1) is 35.4 Å². The second kappa shape index (κ2) is 6.41. The Bertz CT molecular complexity index is 856. The van der Waals surface area contributed by atoms with Gasteiger partial charge >= 0.3 is 6.18 Å². The monoisotopic (exact) mass is 366 g/mol. The molecular formula is C17H14F4N4O. The van der Waals surface area contributed by atoms with Crippen LogP contribution in [0, 0.1) is 5.82 Å². The predicted molar refractivity (Wildman–Crippen MR) is 86.8 cm³/mol. The van der Waals surface area contributed by atoms with Crippen molar-refractivity contribution in [2.75, 3.05) is 5.32 Å². The average molecular weight is 366 g/mol. The summed E-state index contributed by atoms with van der Waals surface area (Å²) >= 11 is 0. The fraction of sp³-hybridized carbons (Fsp3) is 0.176. The number of nitrogens with one attached hydrogen (secondary N) is 2. The van der Waals surface area contributed by atoms with Gasteiger partial charge in [-0.1, -0.05) is 12.2 Å². The minimum absolute atomic E-state index is 0.129. The van der Waals surface area contributed by atoms with Crippen molar-refractivity contribution in [2.45, 2.75) is 18.3 Å². The lowest BCUT2D eigenvalue weighted by Crippen LogP contribution is -2.43. The topological polar surface area (TPSA) is 80.0 Å². The van der Waals surface area contributed by atoms with Crippen LogP contribution in [0.3, 0.4) is 0 Å². The Hall–Kier alpha value is -2.94. The lowest BCUT2D eigenvalue weighted by Gasteiger charge is -2.15. The standard InChI is InChI=1S/C17H14F4N4O/c18-10-1-4-14(13(7-10)17(19,20)21)25-12-3-2-11(23-9-12)8-24-15(26)16(22)5-6-16/h1-7,9,25H,8,22H2,(H,24,26). The predicted octanol–water partition coefficient (Wildman–Crippen LogP) is 2.87. The molecule has 0 aliphatic heterocycles. The third-order valence-corrected chi connectivity index (χ3v) is 3.74. The lowest BCUT2D eigenvalue weighted by atomic mass is 10.1. The van der Waals surface area contributed by atoms with E-state index in [-0.39, 0.29) is 23.8 Å². The molecule has 0 saturated heterocycles. The molecule has 4 N–H and O–H groups in total. The Kier molecular flexibility index (Phi) is 4.41. The number of benzene rings is 1. The summed E-state index contributed by atoms with van der Waals surface area (Å²) < 4.78 is 52.1. The number of rotatable bonds is 5. The van der Waals surface area contributed by atoms with Crippen molar-refractivity contribution in [3.8, 4) is 0 Å². The molecule has 1 amide bonds. The van der Waals surface area contributed by atoms with E-state index in [1.807, 2.05) is 0 Å². The van der Waals surface area contributed by atoms with Gasteiger partial charge in [0.25, 0.3) is 0 Å². The summed E-state index contributed by atoms with van der Waals surface area (Å²) in [5, 5.41) is 5.17. The Morgan fingerprint density at radius 1 is 1.19 bits per heavy atom. The van der Waals surface area contributed by atoms with Crippen molar-refractivity contribution in [1.82, 2.24) is 10.3 Å². The number of nitrogens with two attached hydrogens (primary N) is 1. The largest absolute Gasteiger partial charge is 0.418 e. The molecule has 5 nitrogen and oxygen atoms in total. The normalized spacial score (nSPS) is 14.8. The van der Waals surface area contributed by atoms with E-state index in [0.29, 0.717) is 11.8 Å². The minimum Gasteiger partial charge on any atom is -0.354 e. The second-order valence-corrected chi connectivity index (χ2v) is 5.80. The first-order chi connectivity index (χ1) is 12.2. The highest BCUT2D eigenvalue weighted by Gasteiger charge is 2.37. The molecule has 26 heavy (non-hydrogen) atoms. The van der Waals surface area contributed by atoms with Gasteiger partial charge in [0.15, 0.2) is 0 Å². The number of pyridine rings is 1. The summed E-state index contributed by atoms with van der Waals surface area (Å²) in [5.41, 5.74) is 4.02. The van der Waals surface area contributed by atoms with E-state index in [0.717, 1.165) is 12.1 Å². The van der Waals surface area contributed by atoms with Crippen molar-refractivity contribution in [1.29, 1.82) is 0 Å². The minimum atomic E-state index is -4.70. The molecule has 1 aromatic heterocycles. The van der Waals surface area contributed by atoms with Crippen molar-refractivity contribution in [3.05, 3.63) is 65.8 Å². The van der Waals surface area contributed by atoms with E-state index in [9.17, 15) is 22.4 Å². The first-order valence-corrected chi connectivity index (χ1v) is 7.54. The van der Waals surface area contributed by atoms with Crippen LogP contribution in [0.15, 0.2) is 48.7 Å². The summed E-state index contributed by atoms with van der Waals surface area (Å²) in [4.78, 5) is 15.8. The average Bonchev–Trinajstić information content (AvgIpc) is 3.33. The molecule has 1 aliphatic rings. The van der Waals surface area contributed by atoms with E-state index >= 15 is 0 Å². The van der Waals surface area contributed by atoms with E-state index in [1.165, 1.54) is 12.3 Å². The number of hydrogen-bond acceptors (Lipinski definition) is 4. The Balaban J connectivity index is 1.67. The summed E-state index contributed by atoms with van der Waals surface area (Å²) in [5.74, 6) is -1.34. The van der Waals surface area contributed by atoms with Crippen molar-refractivity contribution < 1.29 is 22.4 Å². The van der Waals surface area contributed by atoms with Crippen LogP contribution in [-0.4, -0.2) is 16.4 Å². The zero-order valence-corrected chi connectivity index (χ0v) is 13.3. The zero-order chi connectivity index (χ0) is 18.9. The van der Waals surface area contributed by atoms with Gasteiger partial charge in [0.2, 0.25) is 5.91 Å². The number of alkyl halides is 3. The smallest absolute Gasteiger partial charge is 0.354 e. The van der Waals surface area contributed by atoms with Crippen molar-refractivity contribution in [2.24, 2.45) is 5.73 Å². The molecule has 1 aliphatic carbocycles. The van der Waals surface area contributed by atoms with Crippen LogP contribution in [0.25, 0.3) is 0 Å². The number of nitrogens with zero attached hydrogens (tertiary/aromatic N) is 1. The third-order valence-electron chi connectivity index (χ3n) is 3.74. The van der Waals surface area contributed by atoms with Crippen LogP contribution in [0.4, 0.5) is 28.9 Å². The van der Waals surface area contributed by atoms with Gasteiger partial charge in [-0.25, -0.2) is 4.39 Å². The van der Waals surface area contributed by atoms with Crippen LogP contribution in [0.2, 0.25) is 0 Å². The molecule has 1 heterocycles. The number of aromatic nitrogens is 1. The third kappa shape index (κ3) is 3.99. The number of halogens is 4. The highest BCUT2D eigenvalue weighted by molar-refractivity contribution is 5.95. The molecule has 0 fully saturated rings. The molecule has 0 unspecified atom stereocenters. The van der Waals surface area contributed by atoms with E-state index in [2.05, 4.69) is 15.6 Å². The first-order valence-electron chi connectivity index (χ1n) is 7.54. The highest BCUT2D eigenvalue weighted by atomic mass is 19.4. The fourth-order valence-electron chi connectivity index (χ4n) is 2.18. The summed E-state index contributed by atoms with van der Waals surface area (Å²) in [6, 6.07) is 5.42. The number of carbonyl (C=O) groups is 1. The molecule has 0 spiro atoms. The lowest BCUT2D eigenvalue weighted by molar-refractivity contribution is -0.137. The Morgan fingerprint density at radius 2 is 1.92 bits per heavy atom. The maximum absolute atomic E-state index is 13.1. The first kappa shape index (κ1) is 17.9. The molecule has 136 valence electrons. The van der Waals surface area contributed by atoms with Crippen LogP contribution in [0.1, 0.15) is 11.3 Å².